The molecule has 88 valence electrons. The van der Waals surface area contributed by atoms with Gasteiger partial charge < -0.3 is 14.6 Å². The lowest BCUT2D eigenvalue weighted by Crippen LogP contribution is -2.28. The molecular formula is C13H14N2O2. The minimum atomic E-state index is 0.676. The number of nitrogens with one attached hydrogen (secondary N) is 1. The van der Waals surface area contributed by atoms with Crippen molar-refractivity contribution >= 4 is 17.3 Å². The summed E-state index contributed by atoms with van der Waals surface area (Å²) in [6, 6.07) is 6.03. The number of methoxy groups -OCH3 is 1. The minimum Gasteiger partial charge on any atom is -0.497 e. The number of benzene rings is 1. The number of aromatic nitrogens is 1. The first-order chi connectivity index (χ1) is 8.31. The first-order valence-corrected chi connectivity index (χ1v) is 5.68. The zero-order valence-electron chi connectivity index (χ0n) is 9.69. The van der Waals surface area contributed by atoms with Crippen LogP contribution in [0.3, 0.4) is 0 Å². The SMILES string of the molecule is COc1ccc2[nH]c3c(c2c1)CCN(C=O)C3. The number of ether oxygens (including phenoxy) is 1. The van der Waals surface area contributed by atoms with Crippen LogP contribution in [0.15, 0.2) is 18.2 Å². The van der Waals surface area contributed by atoms with Crippen LogP contribution in [0.5, 0.6) is 5.75 Å². The number of fused-ring (bicyclic) bond motifs is 3. The fourth-order valence-corrected chi connectivity index (χ4v) is 2.46. The van der Waals surface area contributed by atoms with Crippen LogP contribution in [0.25, 0.3) is 10.9 Å². The van der Waals surface area contributed by atoms with Gasteiger partial charge in [0.1, 0.15) is 5.75 Å². The summed E-state index contributed by atoms with van der Waals surface area (Å²) in [5.74, 6) is 0.872. The smallest absolute Gasteiger partial charge is 0.210 e. The largest absolute Gasteiger partial charge is 0.497 e. The lowest BCUT2D eigenvalue weighted by molar-refractivity contribution is -0.118. The van der Waals surface area contributed by atoms with Crippen LogP contribution >= 0.6 is 0 Å². The lowest BCUT2D eigenvalue weighted by atomic mass is 10.0. The molecule has 0 spiro atoms. The first-order valence-electron chi connectivity index (χ1n) is 5.68. The van der Waals surface area contributed by atoms with Crippen molar-refractivity contribution in [2.45, 2.75) is 13.0 Å². The third kappa shape index (κ3) is 1.56. The van der Waals surface area contributed by atoms with Gasteiger partial charge in [0.15, 0.2) is 0 Å². The van der Waals surface area contributed by atoms with Crippen molar-refractivity contribution in [3.8, 4) is 5.75 Å². The van der Waals surface area contributed by atoms with Gasteiger partial charge in [0, 0.05) is 23.1 Å². The zero-order chi connectivity index (χ0) is 11.8. The molecule has 2 heterocycles. The second kappa shape index (κ2) is 3.80. The van der Waals surface area contributed by atoms with E-state index in [9.17, 15) is 4.79 Å². The van der Waals surface area contributed by atoms with Gasteiger partial charge in [-0.15, -0.1) is 0 Å². The van der Waals surface area contributed by atoms with Gasteiger partial charge in [0.2, 0.25) is 6.41 Å². The second-order valence-corrected chi connectivity index (χ2v) is 4.32. The lowest BCUT2D eigenvalue weighted by Gasteiger charge is -2.22. The maximum Gasteiger partial charge on any atom is 0.210 e. The maximum absolute atomic E-state index is 10.8. The molecule has 0 saturated heterocycles. The van der Waals surface area contributed by atoms with E-state index >= 15 is 0 Å². The van der Waals surface area contributed by atoms with Crippen molar-refractivity contribution in [3.63, 3.8) is 0 Å². The Morgan fingerprint density at radius 1 is 1.47 bits per heavy atom. The quantitative estimate of drug-likeness (QED) is 0.798. The van der Waals surface area contributed by atoms with Gasteiger partial charge in [-0.1, -0.05) is 0 Å². The van der Waals surface area contributed by atoms with Crippen molar-refractivity contribution < 1.29 is 9.53 Å². The van der Waals surface area contributed by atoms with E-state index in [0.717, 1.165) is 36.3 Å². The van der Waals surface area contributed by atoms with E-state index < -0.39 is 0 Å². The predicted molar refractivity (Wildman–Crippen MR) is 65.0 cm³/mol. The molecule has 0 saturated carbocycles. The van der Waals surface area contributed by atoms with E-state index in [1.54, 1.807) is 12.0 Å². The van der Waals surface area contributed by atoms with Gasteiger partial charge in [0.25, 0.3) is 0 Å². The molecule has 4 heteroatoms. The average Bonchev–Trinajstić information content (AvgIpc) is 2.74. The number of hydrogen-bond acceptors (Lipinski definition) is 2. The van der Waals surface area contributed by atoms with Gasteiger partial charge in [-0.25, -0.2) is 0 Å². The maximum atomic E-state index is 10.8. The molecule has 0 aliphatic carbocycles. The summed E-state index contributed by atoms with van der Waals surface area (Å²) in [4.78, 5) is 15.9. The Morgan fingerprint density at radius 2 is 2.35 bits per heavy atom. The molecule has 1 aromatic heterocycles. The highest BCUT2D eigenvalue weighted by Gasteiger charge is 2.19. The summed E-state index contributed by atoms with van der Waals surface area (Å²) in [5.41, 5.74) is 3.58. The van der Waals surface area contributed by atoms with E-state index in [0.29, 0.717) is 6.54 Å². The van der Waals surface area contributed by atoms with E-state index in [4.69, 9.17) is 4.74 Å². The van der Waals surface area contributed by atoms with Crippen molar-refractivity contribution in [1.82, 2.24) is 9.88 Å². The topological polar surface area (TPSA) is 45.3 Å². The van der Waals surface area contributed by atoms with Gasteiger partial charge in [-0.2, -0.15) is 0 Å². The van der Waals surface area contributed by atoms with E-state index in [1.807, 2.05) is 12.1 Å². The minimum absolute atomic E-state index is 0.676. The fourth-order valence-electron chi connectivity index (χ4n) is 2.46. The number of carbonyl (C=O) groups is 1. The Kier molecular flexibility index (Phi) is 2.28. The Hall–Kier alpha value is -1.97. The van der Waals surface area contributed by atoms with Gasteiger partial charge >= 0.3 is 0 Å². The van der Waals surface area contributed by atoms with E-state index in [-0.39, 0.29) is 0 Å². The zero-order valence-corrected chi connectivity index (χ0v) is 9.69. The average molecular weight is 230 g/mol. The molecule has 0 bridgehead atoms. The van der Waals surface area contributed by atoms with Crippen LogP contribution < -0.4 is 4.74 Å². The third-order valence-corrected chi connectivity index (χ3v) is 3.36. The number of hydrogen-bond donors (Lipinski definition) is 1. The van der Waals surface area contributed by atoms with Crippen LogP contribution in [0, 0.1) is 0 Å². The predicted octanol–water partition coefficient (Wildman–Crippen LogP) is 1.69. The molecular weight excluding hydrogens is 216 g/mol. The number of amides is 1. The molecule has 1 amide bonds. The molecule has 4 nitrogen and oxygen atoms in total. The van der Waals surface area contributed by atoms with Gasteiger partial charge in [-0.05, 0) is 30.2 Å². The summed E-state index contributed by atoms with van der Waals surface area (Å²) in [6.07, 6.45) is 1.82. The standard InChI is InChI=1S/C13H14N2O2/c1-17-9-2-3-12-11(6-9)10-4-5-15(8-16)7-13(10)14-12/h2-3,6,8,14H,4-5,7H2,1H3. The molecule has 0 fully saturated rings. The summed E-state index contributed by atoms with van der Waals surface area (Å²) < 4.78 is 5.24. The molecule has 0 radical (unpaired) electrons. The summed E-state index contributed by atoms with van der Waals surface area (Å²) >= 11 is 0. The van der Waals surface area contributed by atoms with Crippen LogP contribution in [0.2, 0.25) is 0 Å². The molecule has 1 aliphatic heterocycles. The Labute approximate surface area is 99.2 Å². The number of carbonyl (C=O) groups excluding carboxylic acids is 1. The molecule has 1 aliphatic rings. The Bertz CT molecular complexity index is 574. The molecule has 0 atom stereocenters. The van der Waals surface area contributed by atoms with Crippen molar-refractivity contribution in [3.05, 3.63) is 29.5 Å². The normalized spacial score (nSPS) is 14.8. The number of rotatable bonds is 2. The Balaban J connectivity index is 2.12. The number of aromatic amines is 1. The van der Waals surface area contributed by atoms with E-state index in [2.05, 4.69) is 11.1 Å². The van der Waals surface area contributed by atoms with Crippen LogP contribution in [-0.2, 0) is 17.8 Å². The first kappa shape index (κ1) is 10.2. The van der Waals surface area contributed by atoms with Crippen LogP contribution in [0.4, 0.5) is 0 Å². The summed E-state index contributed by atoms with van der Waals surface area (Å²) in [7, 11) is 1.67. The third-order valence-electron chi connectivity index (χ3n) is 3.36. The highest BCUT2D eigenvalue weighted by Crippen LogP contribution is 2.29. The second-order valence-electron chi connectivity index (χ2n) is 4.32. The highest BCUT2D eigenvalue weighted by atomic mass is 16.5. The molecule has 2 aromatic rings. The summed E-state index contributed by atoms with van der Waals surface area (Å²) in [6.45, 7) is 1.47. The van der Waals surface area contributed by atoms with E-state index in [1.165, 1.54) is 10.9 Å². The Morgan fingerprint density at radius 3 is 3.12 bits per heavy atom. The van der Waals surface area contributed by atoms with Gasteiger partial charge in [-0.3, -0.25) is 4.79 Å². The molecule has 0 unspecified atom stereocenters. The monoisotopic (exact) mass is 230 g/mol. The fraction of sp³-hybridized carbons (Fsp3) is 0.308. The number of nitrogens with zero attached hydrogens (tertiary/aromatic N) is 1. The van der Waals surface area contributed by atoms with Crippen molar-refractivity contribution in [2.24, 2.45) is 0 Å². The number of H-pyrrole nitrogens is 1. The molecule has 3 rings (SSSR count). The van der Waals surface area contributed by atoms with Crippen LogP contribution in [-0.4, -0.2) is 29.9 Å². The van der Waals surface area contributed by atoms with Crippen LogP contribution in [0.1, 0.15) is 11.3 Å². The highest BCUT2D eigenvalue weighted by molar-refractivity contribution is 5.86. The molecule has 17 heavy (non-hydrogen) atoms. The van der Waals surface area contributed by atoms with Crippen molar-refractivity contribution in [1.29, 1.82) is 0 Å². The molecule has 1 aromatic carbocycles. The van der Waals surface area contributed by atoms with Crippen molar-refractivity contribution in [2.75, 3.05) is 13.7 Å². The van der Waals surface area contributed by atoms with Gasteiger partial charge in [0.05, 0.1) is 13.7 Å². The summed E-state index contributed by atoms with van der Waals surface area (Å²) in [5, 5.41) is 1.21. The molecule has 1 N–H and O–H groups in total.